The van der Waals surface area contributed by atoms with Crippen molar-refractivity contribution in [2.24, 2.45) is 0 Å². The molecule has 1 aliphatic heterocycles. The van der Waals surface area contributed by atoms with Gasteiger partial charge in [-0.2, -0.15) is 0 Å². The molecule has 1 saturated heterocycles. The van der Waals surface area contributed by atoms with Gasteiger partial charge in [0.1, 0.15) is 11.5 Å². The summed E-state index contributed by atoms with van der Waals surface area (Å²) < 4.78 is 5.71. The molecule has 0 aromatic heterocycles. The number of benzene rings is 2. The minimum absolute atomic E-state index is 0.0146. The minimum atomic E-state index is -0.614. The highest BCUT2D eigenvalue weighted by Crippen LogP contribution is 2.43. The maximum Gasteiger partial charge on any atom is 0.295 e. The number of ether oxygens (including phenoxy) is 1. The zero-order chi connectivity index (χ0) is 23.5. The Labute approximate surface area is 196 Å². The van der Waals surface area contributed by atoms with Gasteiger partial charge in [0.15, 0.2) is 0 Å². The predicted molar refractivity (Wildman–Crippen MR) is 129 cm³/mol. The number of ketones is 1. The first-order valence-electron chi connectivity index (χ1n) is 12.1. The SMILES string of the molecule is CCCOc1cccc(/C(O)=C2/C(=O)C(=O)N(C3CCCC3)C2c2ccc(C(C)C)cc2)c1. The molecule has 1 saturated carbocycles. The highest BCUT2D eigenvalue weighted by atomic mass is 16.5. The van der Waals surface area contributed by atoms with Crippen LogP contribution in [-0.4, -0.2) is 34.3 Å². The summed E-state index contributed by atoms with van der Waals surface area (Å²) in [6.45, 7) is 6.86. The van der Waals surface area contributed by atoms with Crippen molar-refractivity contribution in [3.63, 3.8) is 0 Å². The van der Waals surface area contributed by atoms with Crippen LogP contribution >= 0.6 is 0 Å². The highest BCUT2D eigenvalue weighted by Gasteiger charge is 2.49. The van der Waals surface area contributed by atoms with Gasteiger partial charge in [0, 0.05) is 11.6 Å². The topological polar surface area (TPSA) is 66.8 Å². The zero-order valence-corrected chi connectivity index (χ0v) is 19.7. The lowest BCUT2D eigenvalue weighted by Crippen LogP contribution is -2.37. The van der Waals surface area contributed by atoms with Crippen LogP contribution in [0.5, 0.6) is 5.75 Å². The number of Topliss-reactive ketones (excluding diaryl/α,β-unsaturated/α-hetero) is 1. The molecular formula is C28H33NO4. The maximum absolute atomic E-state index is 13.3. The predicted octanol–water partition coefficient (Wildman–Crippen LogP) is 5.96. The molecule has 2 aromatic rings. The van der Waals surface area contributed by atoms with Crippen molar-refractivity contribution >= 4 is 17.4 Å². The summed E-state index contributed by atoms with van der Waals surface area (Å²) in [4.78, 5) is 28.2. The van der Waals surface area contributed by atoms with Crippen molar-refractivity contribution in [2.45, 2.75) is 70.9 Å². The number of hydrogen-bond donors (Lipinski definition) is 1. The van der Waals surface area contributed by atoms with E-state index in [2.05, 4.69) is 13.8 Å². The van der Waals surface area contributed by atoms with Crippen LogP contribution in [0.15, 0.2) is 54.1 Å². The number of amides is 1. The zero-order valence-electron chi connectivity index (χ0n) is 19.7. The monoisotopic (exact) mass is 447 g/mol. The molecule has 1 heterocycles. The Morgan fingerprint density at radius 1 is 1.09 bits per heavy atom. The molecule has 1 aliphatic carbocycles. The summed E-state index contributed by atoms with van der Waals surface area (Å²) in [7, 11) is 0. The van der Waals surface area contributed by atoms with Gasteiger partial charge >= 0.3 is 0 Å². The molecule has 2 aromatic carbocycles. The van der Waals surface area contributed by atoms with Gasteiger partial charge in [-0.1, -0.05) is 70.0 Å². The van der Waals surface area contributed by atoms with Crippen LogP contribution in [0.4, 0.5) is 0 Å². The third-order valence-corrected chi connectivity index (χ3v) is 6.70. The quantitative estimate of drug-likeness (QED) is 0.323. The number of hydrogen-bond acceptors (Lipinski definition) is 4. The molecule has 1 unspecified atom stereocenters. The number of aliphatic hydroxyl groups excluding tert-OH is 1. The molecule has 0 bridgehead atoms. The first-order valence-corrected chi connectivity index (χ1v) is 12.1. The Hall–Kier alpha value is -3.08. The van der Waals surface area contributed by atoms with Crippen molar-refractivity contribution < 1.29 is 19.4 Å². The van der Waals surface area contributed by atoms with Gasteiger partial charge in [-0.15, -0.1) is 0 Å². The van der Waals surface area contributed by atoms with E-state index in [9.17, 15) is 14.7 Å². The fourth-order valence-electron chi connectivity index (χ4n) is 4.91. The number of aliphatic hydroxyl groups is 1. The summed E-state index contributed by atoms with van der Waals surface area (Å²) in [5, 5.41) is 11.3. The molecule has 2 fully saturated rings. The van der Waals surface area contributed by atoms with E-state index in [4.69, 9.17) is 4.74 Å². The van der Waals surface area contributed by atoms with Gasteiger partial charge < -0.3 is 14.7 Å². The molecule has 1 atom stereocenters. The second kappa shape index (κ2) is 9.82. The van der Waals surface area contributed by atoms with Gasteiger partial charge in [0.05, 0.1) is 18.2 Å². The molecular weight excluding hydrogens is 414 g/mol. The van der Waals surface area contributed by atoms with Crippen LogP contribution in [-0.2, 0) is 9.59 Å². The Morgan fingerprint density at radius 3 is 2.42 bits per heavy atom. The third-order valence-electron chi connectivity index (χ3n) is 6.70. The lowest BCUT2D eigenvalue weighted by molar-refractivity contribution is -0.141. The summed E-state index contributed by atoms with van der Waals surface area (Å²) in [5.74, 6) is -0.263. The van der Waals surface area contributed by atoms with Crippen LogP contribution in [0.2, 0.25) is 0 Å². The van der Waals surface area contributed by atoms with Crippen molar-refractivity contribution in [1.82, 2.24) is 4.90 Å². The summed E-state index contributed by atoms with van der Waals surface area (Å²) in [6, 6.07) is 14.6. The van der Waals surface area contributed by atoms with Gasteiger partial charge in [0.2, 0.25) is 0 Å². The Bertz CT molecular complexity index is 1050. The minimum Gasteiger partial charge on any atom is -0.507 e. The molecule has 33 heavy (non-hydrogen) atoms. The van der Waals surface area contributed by atoms with Crippen LogP contribution < -0.4 is 4.74 Å². The first-order chi connectivity index (χ1) is 15.9. The molecule has 2 aliphatic rings. The van der Waals surface area contributed by atoms with Crippen molar-refractivity contribution in [3.05, 3.63) is 70.8 Å². The van der Waals surface area contributed by atoms with Crippen LogP contribution in [0.25, 0.3) is 5.76 Å². The lowest BCUT2D eigenvalue weighted by atomic mass is 9.92. The first kappa shape index (κ1) is 23.1. The van der Waals surface area contributed by atoms with Crippen molar-refractivity contribution in [3.8, 4) is 5.75 Å². The number of rotatable bonds is 7. The van der Waals surface area contributed by atoms with E-state index in [-0.39, 0.29) is 17.4 Å². The lowest BCUT2D eigenvalue weighted by Gasteiger charge is -2.31. The van der Waals surface area contributed by atoms with Crippen molar-refractivity contribution in [1.29, 1.82) is 0 Å². The molecule has 4 rings (SSSR count). The van der Waals surface area contributed by atoms with Crippen LogP contribution in [0, 0.1) is 0 Å². The fourth-order valence-corrected chi connectivity index (χ4v) is 4.91. The molecule has 0 spiro atoms. The van der Waals surface area contributed by atoms with E-state index in [1.807, 2.05) is 37.3 Å². The van der Waals surface area contributed by atoms with Gasteiger partial charge in [0.25, 0.3) is 11.7 Å². The summed E-state index contributed by atoms with van der Waals surface area (Å²) >= 11 is 0. The number of nitrogens with zero attached hydrogens (tertiary/aromatic N) is 1. The largest absolute Gasteiger partial charge is 0.507 e. The highest BCUT2D eigenvalue weighted by molar-refractivity contribution is 6.46. The van der Waals surface area contributed by atoms with E-state index in [1.54, 1.807) is 23.1 Å². The Kier molecular flexibility index (Phi) is 6.87. The average Bonchev–Trinajstić information content (AvgIpc) is 3.44. The van der Waals surface area contributed by atoms with Crippen LogP contribution in [0.3, 0.4) is 0 Å². The third kappa shape index (κ3) is 4.54. The smallest absolute Gasteiger partial charge is 0.295 e. The number of carbonyl (C=O) groups is 2. The van der Waals surface area contributed by atoms with E-state index in [0.717, 1.165) is 37.7 Å². The Balaban J connectivity index is 1.81. The second-order valence-corrected chi connectivity index (χ2v) is 9.34. The van der Waals surface area contributed by atoms with Gasteiger partial charge in [-0.25, -0.2) is 0 Å². The number of likely N-dealkylation sites (tertiary alicyclic amines) is 1. The van der Waals surface area contributed by atoms with Crippen molar-refractivity contribution in [2.75, 3.05) is 6.61 Å². The maximum atomic E-state index is 13.3. The van der Waals surface area contributed by atoms with Crippen LogP contribution in [0.1, 0.15) is 81.5 Å². The molecule has 174 valence electrons. The molecule has 0 radical (unpaired) electrons. The molecule has 1 amide bonds. The van der Waals surface area contributed by atoms with Gasteiger partial charge in [-0.3, -0.25) is 9.59 Å². The van der Waals surface area contributed by atoms with E-state index < -0.39 is 17.7 Å². The van der Waals surface area contributed by atoms with E-state index in [0.29, 0.717) is 23.8 Å². The Morgan fingerprint density at radius 2 is 1.79 bits per heavy atom. The molecule has 1 N–H and O–H groups in total. The van der Waals surface area contributed by atoms with E-state index in [1.165, 1.54) is 5.56 Å². The summed E-state index contributed by atoms with van der Waals surface area (Å²) in [6.07, 6.45) is 4.73. The molecule has 5 heteroatoms. The second-order valence-electron chi connectivity index (χ2n) is 9.34. The molecule has 5 nitrogen and oxygen atoms in total. The average molecular weight is 448 g/mol. The number of carbonyl (C=O) groups excluding carboxylic acids is 2. The summed E-state index contributed by atoms with van der Waals surface area (Å²) in [5.41, 5.74) is 2.69. The van der Waals surface area contributed by atoms with E-state index >= 15 is 0 Å². The normalized spacial score (nSPS) is 20.7. The standard InChI is InChI=1S/C28H33NO4/c1-4-16-33-23-11-7-8-21(17-23)26(30)24-25(20-14-12-19(13-15-20)18(2)3)29(28(32)27(24)31)22-9-5-6-10-22/h7-8,11-15,17-18,22,25,30H,4-6,9-10,16H2,1-3H3/b26-24-. The van der Waals surface area contributed by atoms with Gasteiger partial charge in [-0.05, 0) is 48.4 Å². The fraction of sp³-hybridized carbons (Fsp3) is 0.429.